The van der Waals surface area contributed by atoms with Gasteiger partial charge in [-0.05, 0) is 56.0 Å². The third-order valence-electron chi connectivity index (χ3n) is 7.67. The predicted octanol–water partition coefficient (Wildman–Crippen LogP) is 3.18. The van der Waals surface area contributed by atoms with Gasteiger partial charge in [-0.25, -0.2) is 4.98 Å². The maximum absolute atomic E-state index is 9.79. The number of benzene rings is 1. The number of methoxy groups -OCH3 is 1. The Balaban J connectivity index is 1.43. The van der Waals surface area contributed by atoms with Gasteiger partial charge in [0.1, 0.15) is 11.6 Å². The SMILES string of the molecule is COc1ccc(-c2ccc3c(N4CC5CCC(C4)O5)nc(N(C)C4CCOCC4)nc3n2)cc1CO. The topological polar surface area (TPSA) is 93.1 Å². The smallest absolute Gasteiger partial charge is 0.229 e. The van der Waals surface area contributed by atoms with Crippen LogP contribution in [0.1, 0.15) is 31.2 Å². The van der Waals surface area contributed by atoms with Crippen molar-refractivity contribution in [3.05, 3.63) is 35.9 Å². The molecule has 2 aromatic heterocycles. The second-order valence-electron chi connectivity index (χ2n) is 9.92. The fourth-order valence-corrected chi connectivity index (χ4v) is 5.63. The van der Waals surface area contributed by atoms with Gasteiger partial charge in [-0.1, -0.05) is 0 Å². The molecule has 36 heavy (non-hydrogen) atoms. The summed E-state index contributed by atoms with van der Waals surface area (Å²) in [4.78, 5) is 19.6. The van der Waals surface area contributed by atoms with Crippen LogP contribution in [-0.4, -0.2) is 78.8 Å². The molecule has 0 radical (unpaired) electrons. The summed E-state index contributed by atoms with van der Waals surface area (Å²) in [5.74, 6) is 2.28. The van der Waals surface area contributed by atoms with Gasteiger partial charge >= 0.3 is 0 Å². The van der Waals surface area contributed by atoms with Crippen LogP contribution in [0.2, 0.25) is 0 Å². The molecule has 6 rings (SSSR count). The standard InChI is InChI=1S/C27H33N5O4/c1-31(19-9-11-35-12-10-19)27-29-25-22(26(30-27)32-14-20-4-5-21(15-32)36-20)6-7-23(28-25)17-3-8-24(34-2)18(13-17)16-33/h3,6-8,13,19-21,33H,4-5,9-12,14-16H2,1-2H3. The molecule has 0 saturated carbocycles. The summed E-state index contributed by atoms with van der Waals surface area (Å²) >= 11 is 0. The van der Waals surface area contributed by atoms with E-state index in [1.807, 2.05) is 24.3 Å². The van der Waals surface area contributed by atoms with Gasteiger partial charge in [0.2, 0.25) is 5.95 Å². The van der Waals surface area contributed by atoms with Crippen molar-refractivity contribution in [1.82, 2.24) is 15.0 Å². The summed E-state index contributed by atoms with van der Waals surface area (Å²) in [6.45, 7) is 3.09. The quantitative estimate of drug-likeness (QED) is 0.558. The van der Waals surface area contributed by atoms with Gasteiger partial charge in [0.25, 0.3) is 0 Å². The van der Waals surface area contributed by atoms with E-state index in [1.54, 1.807) is 7.11 Å². The molecule has 0 aliphatic carbocycles. The molecule has 2 atom stereocenters. The Morgan fingerprint density at radius 2 is 1.81 bits per heavy atom. The van der Waals surface area contributed by atoms with Crippen LogP contribution in [0.15, 0.2) is 30.3 Å². The Morgan fingerprint density at radius 1 is 1.03 bits per heavy atom. The molecule has 0 amide bonds. The summed E-state index contributed by atoms with van der Waals surface area (Å²) in [7, 11) is 3.68. The molecule has 3 fully saturated rings. The highest BCUT2D eigenvalue weighted by Crippen LogP contribution is 2.35. The number of nitrogens with zero attached hydrogens (tertiary/aromatic N) is 5. The van der Waals surface area contributed by atoms with Crippen molar-refractivity contribution in [1.29, 1.82) is 0 Å². The first-order chi connectivity index (χ1) is 17.6. The monoisotopic (exact) mass is 491 g/mol. The third kappa shape index (κ3) is 4.36. The number of hydrogen-bond donors (Lipinski definition) is 1. The highest BCUT2D eigenvalue weighted by Gasteiger charge is 2.35. The molecule has 1 N–H and O–H groups in total. The minimum Gasteiger partial charge on any atom is -0.496 e. The number of fused-ring (bicyclic) bond motifs is 3. The number of ether oxygens (including phenoxy) is 3. The molecule has 2 bridgehead atoms. The Kier molecular flexibility index (Phi) is 6.37. The summed E-state index contributed by atoms with van der Waals surface area (Å²) in [5.41, 5.74) is 3.10. The van der Waals surface area contributed by atoms with E-state index in [0.29, 0.717) is 23.4 Å². The molecule has 3 saturated heterocycles. The molecule has 1 aromatic carbocycles. The lowest BCUT2D eigenvalue weighted by Gasteiger charge is -2.35. The number of morpholine rings is 1. The molecule has 9 heteroatoms. The van der Waals surface area contributed by atoms with Crippen molar-refractivity contribution in [2.75, 3.05) is 50.3 Å². The van der Waals surface area contributed by atoms with Crippen LogP contribution in [0.4, 0.5) is 11.8 Å². The average Bonchev–Trinajstić information content (AvgIpc) is 3.28. The molecular weight excluding hydrogens is 458 g/mol. The second kappa shape index (κ2) is 9.80. The van der Waals surface area contributed by atoms with Crippen molar-refractivity contribution in [2.45, 2.75) is 50.5 Å². The van der Waals surface area contributed by atoms with E-state index in [-0.39, 0.29) is 18.8 Å². The molecule has 3 aliphatic rings. The first kappa shape index (κ1) is 23.4. The number of hydrogen-bond acceptors (Lipinski definition) is 9. The largest absolute Gasteiger partial charge is 0.496 e. The number of aliphatic hydroxyl groups excluding tert-OH is 1. The fourth-order valence-electron chi connectivity index (χ4n) is 5.63. The summed E-state index contributed by atoms with van der Waals surface area (Å²) in [6.07, 6.45) is 4.64. The molecular formula is C27H33N5O4. The van der Waals surface area contributed by atoms with Crippen LogP contribution in [0.5, 0.6) is 5.75 Å². The Bertz CT molecular complexity index is 1240. The van der Waals surface area contributed by atoms with Crippen molar-refractivity contribution >= 4 is 22.8 Å². The average molecular weight is 492 g/mol. The summed E-state index contributed by atoms with van der Waals surface area (Å²) in [5, 5.41) is 10.7. The highest BCUT2D eigenvalue weighted by atomic mass is 16.5. The van der Waals surface area contributed by atoms with E-state index in [1.165, 1.54) is 0 Å². The zero-order valence-corrected chi connectivity index (χ0v) is 20.9. The molecule has 5 heterocycles. The lowest BCUT2D eigenvalue weighted by Crippen LogP contribution is -2.43. The predicted molar refractivity (Wildman–Crippen MR) is 138 cm³/mol. The molecule has 0 spiro atoms. The number of rotatable bonds is 6. The molecule has 3 aromatic rings. The van der Waals surface area contributed by atoms with Gasteiger partial charge in [-0.3, -0.25) is 0 Å². The van der Waals surface area contributed by atoms with Crippen LogP contribution in [0.25, 0.3) is 22.3 Å². The van der Waals surface area contributed by atoms with Crippen LogP contribution in [-0.2, 0) is 16.1 Å². The first-order valence-electron chi connectivity index (χ1n) is 12.8. The zero-order valence-electron chi connectivity index (χ0n) is 20.9. The van der Waals surface area contributed by atoms with E-state index in [2.05, 4.69) is 22.9 Å². The van der Waals surface area contributed by atoms with E-state index in [9.17, 15) is 5.11 Å². The maximum atomic E-state index is 9.79. The molecule has 2 unspecified atom stereocenters. The second-order valence-corrected chi connectivity index (χ2v) is 9.92. The summed E-state index contributed by atoms with van der Waals surface area (Å²) < 4.78 is 17.0. The fraction of sp³-hybridized carbons (Fsp3) is 0.519. The van der Waals surface area contributed by atoms with Crippen LogP contribution >= 0.6 is 0 Å². The van der Waals surface area contributed by atoms with Gasteiger partial charge in [-0.2, -0.15) is 9.97 Å². The lowest BCUT2D eigenvalue weighted by atomic mass is 10.1. The highest BCUT2D eigenvalue weighted by molar-refractivity contribution is 5.90. The molecule has 3 aliphatic heterocycles. The molecule has 190 valence electrons. The minimum atomic E-state index is -0.101. The number of anilines is 2. The Hall–Kier alpha value is -3.01. The zero-order chi connectivity index (χ0) is 24.6. The van der Waals surface area contributed by atoms with Crippen molar-refractivity contribution < 1.29 is 19.3 Å². The maximum Gasteiger partial charge on any atom is 0.229 e. The van der Waals surface area contributed by atoms with E-state index in [4.69, 9.17) is 29.2 Å². The summed E-state index contributed by atoms with van der Waals surface area (Å²) in [6, 6.07) is 10.2. The van der Waals surface area contributed by atoms with Crippen molar-refractivity contribution in [3.8, 4) is 17.0 Å². The van der Waals surface area contributed by atoms with Crippen molar-refractivity contribution in [2.24, 2.45) is 0 Å². The molecule has 9 nitrogen and oxygen atoms in total. The first-order valence-corrected chi connectivity index (χ1v) is 12.8. The van der Waals surface area contributed by atoms with E-state index in [0.717, 1.165) is 80.0 Å². The van der Waals surface area contributed by atoms with E-state index < -0.39 is 0 Å². The van der Waals surface area contributed by atoms with Crippen molar-refractivity contribution in [3.63, 3.8) is 0 Å². The van der Waals surface area contributed by atoms with Crippen LogP contribution < -0.4 is 14.5 Å². The Labute approximate surface area is 211 Å². The normalized spacial score (nSPS) is 22.2. The number of aliphatic hydroxyl groups is 1. The lowest BCUT2D eigenvalue weighted by molar-refractivity contribution is 0.0303. The van der Waals surface area contributed by atoms with E-state index >= 15 is 0 Å². The number of pyridine rings is 1. The minimum absolute atomic E-state index is 0.101. The van der Waals surface area contributed by atoms with Gasteiger partial charge in [0.05, 0.1) is 37.0 Å². The van der Waals surface area contributed by atoms with Gasteiger partial charge in [-0.15, -0.1) is 0 Å². The number of aromatic nitrogens is 3. The van der Waals surface area contributed by atoms with Gasteiger partial charge in [0.15, 0.2) is 5.65 Å². The van der Waals surface area contributed by atoms with Crippen LogP contribution in [0, 0.1) is 0 Å². The Morgan fingerprint density at radius 3 is 2.53 bits per heavy atom. The third-order valence-corrected chi connectivity index (χ3v) is 7.67. The van der Waals surface area contributed by atoms with Crippen LogP contribution in [0.3, 0.4) is 0 Å². The van der Waals surface area contributed by atoms with Gasteiger partial charge in [0, 0.05) is 50.5 Å². The van der Waals surface area contributed by atoms with Gasteiger partial charge < -0.3 is 29.1 Å².